The first-order chi connectivity index (χ1) is 12.8. The lowest BCUT2D eigenvalue weighted by molar-refractivity contribution is 0.344. The van der Waals surface area contributed by atoms with Crippen LogP contribution >= 0.6 is 11.8 Å². The first kappa shape index (κ1) is 23.7. The van der Waals surface area contributed by atoms with Crippen molar-refractivity contribution >= 4 is 24.7 Å². The Labute approximate surface area is 161 Å². The summed E-state index contributed by atoms with van der Waals surface area (Å²) in [6.07, 6.45) is 11.0. The molecule has 1 aromatic rings. The molecule has 1 heterocycles. The van der Waals surface area contributed by atoms with Crippen LogP contribution in [0.15, 0.2) is 40.2 Å². The summed E-state index contributed by atoms with van der Waals surface area (Å²) >= 11 is 1.60. The van der Waals surface area contributed by atoms with Gasteiger partial charge in [-0.15, -0.1) is 0 Å². The van der Waals surface area contributed by atoms with Gasteiger partial charge in [0.1, 0.15) is 12.5 Å². The van der Waals surface area contributed by atoms with Gasteiger partial charge in [0.15, 0.2) is 0 Å². The first-order valence-corrected chi connectivity index (χ1v) is 10.2. The van der Waals surface area contributed by atoms with E-state index in [0.29, 0.717) is 23.8 Å². The van der Waals surface area contributed by atoms with Gasteiger partial charge in [-0.05, 0) is 25.8 Å². The van der Waals surface area contributed by atoms with Crippen molar-refractivity contribution in [2.45, 2.75) is 40.2 Å². The van der Waals surface area contributed by atoms with E-state index in [0.717, 1.165) is 25.9 Å². The Morgan fingerprint density at radius 1 is 1.50 bits per heavy atom. The van der Waals surface area contributed by atoms with E-state index in [1.807, 2.05) is 37.8 Å². The molecule has 0 aliphatic rings. The number of thioether (sulfide) groups is 1. The number of nitrogens with one attached hydrogen (secondary N) is 1. The van der Waals surface area contributed by atoms with Crippen LogP contribution in [0.1, 0.15) is 33.6 Å². The standard InChI is InChI=1S/C16H25N7S.C2H6/c1-4-6-21-23(13-18-2)16(15(11-17)12-24-3)20-7-5-9-22-10-8-19-14-22;1-2/h6,8,10,14,20H,2,4-5,7,9,12-13H2,1,3H3;1-2H3/b16-15-,21-6-;. The van der Waals surface area contributed by atoms with Crippen molar-refractivity contribution in [3.05, 3.63) is 30.1 Å². The normalized spacial score (nSPS) is 11.2. The number of hydrogen-bond donors (Lipinski definition) is 1. The van der Waals surface area contributed by atoms with Gasteiger partial charge in [-0.1, -0.05) is 20.8 Å². The zero-order valence-electron chi connectivity index (χ0n) is 16.4. The van der Waals surface area contributed by atoms with Gasteiger partial charge in [0, 0.05) is 37.5 Å². The number of rotatable bonds is 12. The van der Waals surface area contributed by atoms with Crippen LogP contribution in [0.4, 0.5) is 0 Å². The first-order valence-electron chi connectivity index (χ1n) is 8.81. The van der Waals surface area contributed by atoms with E-state index in [2.05, 4.69) is 33.2 Å². The van der Waals surface area contributed by atoms with Gasteiger partial charge in [0.05, 0.1) is 18.0 Å². The third kappa shape index (κ3) is 9.28. The molecular weight excluding hydrogens is 346 g/mol. The van der Waals surface area contributed by atoms with Gasteiger partial charge >= 0.3 is 0 Å². The number of nitrogens with zero attached hydrogens (tertiary/aromatic N) is 6. The number of aryl methyl sites for hydroxylation is 1. The van der Waals surface area contributed by atoms with E-state index < -0.39 is 0 Å². The van der Waals surface area contributed by atoms with E-state index in [1.54, 1.807) is 35.5 Å². The molecule has 0 aromatic carbocycles. The van der Waals surface area contributed by atoms with E-state index in [1.165, 1.54) is 0 Å². The van der Waals surface area contributed by atoms with Crippen LogP contribution in [-0.4, -0.2) is 52.7 Å². The summed E-state index contributed by atoms with van der Waals surface area (Å²) in [6, 6.07) is 2.28. The Kier molecular flexibility index (Phi) is 14.8. The molecule has 1 N–H and O–H groups in total. The highest BCUT2D eigenvalue weighted by atomic mass is 32.2. The minimum atomic E-state index is 0.305. The molecule has 0 atom stereocenters. The van der Waals surface area contributed by atoms with E-state index >= 15 is 0 Å². The lowest BCUT2D eigenvalue weighted by Crippen LogP contribution is -2.31. The zero-order valence-corrected chi connectivity index (χ0v) is 17.2. The maximum absolute atomic E-state index is 9.48. The average molecular weight is 378 g/mol. The summed E-state index contributed by atoms with van der Waals surface area (Å²) < 4.78 is 2.02. The summed E-state index contributed by atoms with van der Waals surface area (Å²) in [5, 5.41) is 18.9. The van der Waals surface area contributed by atoms with Crippen molar-refractivity contribution in [2.75, 3.05) is 25.2 Å². The van der Waals surface area contributed by atoms with Gasteiger partial charge in [-0.3, -0.25) is 4.99 Å². The topological polar surface area (TPSA) is 81.6 Å². The van der Waals surface area contributed by atoms with Crippen molar-refractivity contribution in [3.8, 4) is 6.07 Å². The van der Waals surface area contributed by atoms with Gasteiger partial charge in [0.25, 0.3) is 0 Å². The summed E-state index contributed by atoms with van der Waals surface area (Å²) in [6.45, 7) is 11.4. The second kappa shape index (κ2) is 16.2. The molecule has 0 aliphatic heterocycles. The quantitative estimate of drug-likeness (QED) is 0.261. The molecule has 7 nitrogen and oxygen atoms in total. The highest BCUT2D eigenvalue weighted by Crippen LogP contribution is 2.13. The number of hydrazone groups is 1. The van der Waals surface area contributed by atoms with Crippen LogP contribution in [0.5, 0.6) is 0 Å². The molecule has 1 aromatic heterocycles. The van der Waals surface area contributed by atoms with Crippen LogP contribution < -0.4 is 5.32 Å². The van der Waals surface area contributed by atoms with Gasteiger partial charge in [0.2, 0.25) is 0 Å². The second-order valence-corrected chi connectivity index (χ2v) is 5.79. The Balaban J connectivity index is 0.00000301. The third-order valence-corrected chi connectivity index (χ3v) is 3.63. The van der Waals surface area contributed by atoms with Gasteiger partial charge in [-0.25, -0.2) is 9.99 Å². The van der Waals surface area contributed by atoms with Crippen LogP contribution in [0.2, 0.25) is 0 Å². The molecule has 0 spiro atoms. The Morgan fingerprint density at radius 2 is 2.27 bits per heavy atom. The fraction of sp³-hybridized carbons (Fsp3) is 0.556. The highest BCUT2D eigenvalue weighted by Gasteiger charge is 2.13. The fourth-order valence-corrected chi connectivity index (χ4v) is 2.47. The largest absolute Gasteiger partial charge is 0.369 e. The van der Waals surface area contributed by atoms with Crippen LogP contribution in [0.3, 0.4) is 0 Å². The van der Waals surface area contributed by atoms with Crippen molar-refractivity contribution < 1.29 is 0 Å². The fourth-order valence-electron chi connectivity index (χ4n) is 1.98. The predicted molar refractivity (Wildman–Crippen MR) is 112 cm³/mol. The Bertz CT molecular complexity index is 573. The van der Waals surface area contributed by atoms with Crippen molar-refractivity contribution in [2.24, 2.45) is 10.1 Å². The predicted octanol–water partition coefficient (Wildman–Crippen LogP) is 3.34. The lowest BCUT2D eigenvalue weighted by Gasteiger charge is -2.23. The molecule has 0 aliphatic carbocycles. The summed E-state index contributed by atoms with van der Waals surface area (Å²) in [7, 11) is 0. The molecule has 0 radical (unpaired) electrons. The Morgan fingerprint density at radius 3 is 2.81 bits per heavy atom. The summed E-state index contributed by atoms with van der Waals surface area (Å²) in [5.41, 5.74) is 0.655. The van der Waals surface area contributed by atoms with Crippen LogP contribution in [0.25, 0.3) is 0 Å². The molecule has 0 fully saturated rings. The van der Waals surface area contributed by atoms with E-state index in [4.69, 9.17) is 0 Å². The molecule has 144 valence electrons. The third-order valence-electron chi connectivity index (χ3n) is 3.05. The van der Waals surface area contributed by atoms with Crippen molar-refractivity contribution in [1.29, 1.82) is 5.26 Å². The molecule has 0 bridgehead atoms. The Hall–Kier alpha value is -2.27. The summed E-state index contributed by atoms with van der Waals surface area (Å²) in [5.74, 6) is 1.32. The minimum Gasteiger partial charge on any atom is -0.369 e. The number of aromatic nitrogens is 2. The molecule has 0 unspecified atom stereocenters. The number of hydrogen-bond acceptors (Lipinski definition) is 7. The van der Waals surface area contributed by atoms with Gasteiger partial charge < -0.3 is 9.88 Å². The maximum atomic E-state index is 9.48. The van der Waals surface area contributed by atoms with Crippen LogP contribution in [-0.2, 0) is 6.54 Å². The van der Waals surface area contributed by atoms with Crippen molar-refractivity contribution in [1.82, 2.24) is 19.9 Å². The number of nitriles is 1. The minimum absolute atomic E-state index is 0.305. The molecule has 0 saturated heterocycles. The lowest BCUT2D eigenvalue weighted by atomic mass is 10.3. The SMILES string of the molecule is C=NCN(/N=C\CC)/C(NCCCn1ccnc1)=C(/C#N)CSC.CC. The molecule has 1 rings (SSSR count). The molecule has 0 amide bonds. The molecule has 26 heavy (non-hydrogen) atoms. The number of imidazole rings is 1. The monoisotopic (exact) mass is 377 g/mol. The average Bonchev–Trinajstić information content (AvgIpc) is 3.19. The van der Waals surface area contributed by atoms with Crippen molar-refractivity contribution in [3.63, 3.8) is 0 Å². The smallest absolute Gasteiger partial charge is 0.139 e. The van der Waals surface area contributed by atoms with Crippen LogP contribution in [0, 0.1) is 11.3 Å². The summed E-state index contributed by atoms with van der Waals surface area (Å²) in [4.78, 5) is 7.94. The molecular formula is C18H31N7S. The van der Waals surface area contributed by atoms with Gasteiger partial charge in [-0.2, -0.15) is 22.1 Å². The second-order valence-electron chi connectivity index (χ2n) is 4.92. The highest BCUT2D eigenvalue weighted by molar-refractivity contribution is 7.98. The van der Waals surface area contributed by atoms with E-state index in [-0.39, 0.29) is 0 Å². The van der Waals surface area contributed by atoms with E-state index in [9.17, 15) is 5.26 Å². The number of aliphatic imine (C=N–C) groups is 1. The molecule has 8 heteroatoms. The zero-order chi connectivity index (χ0) is 19.6. The maximum Gasteiger partial charge on any atom is 0.139 e. The molecule has 0 saturated carbocycles.